The van der Waals surface area contributed by atoms with E-state index in [2.05, 4.69) is 15.3 Å². The van der Waals surface area contributed by atoms with E-state index in [-0.39, 0.29) is 10.7 Å². The van der Waals surface area contributed by atoms with Crippen molar-refractivity contribution < 1.29 is 17.5 Å². The summed E-state index contributed by atoms with van der Waals surface area (Å²) in [7, 11) is -2.15. The van der Waals surface area contributed by atoms with Crippen LogP contribution in [0, 0.1) is 12.7 Å². The maximum atomic E-state index is 13.4. The number of methoxy groups -OCH3 is 1. The highest BCUT2D eigenvalue weighted by molar-refractivity contribution is 7.89. The highest BCUT2D eigenvalue weighted by Crippen LogP contribution is 2.31. The Balaban J connectivity index is 1.55. The van der Waals surface area contributed by atoms with E-state index < -0.39 is 15.6 Å². The summed E-state index contributed by atoms with van der Waals surface area (Å²) in [5.74, 6) is 1.39. The van der Waals surface area contributed by atoms with E-state index >= 15 is 0 Å². The van der Waals surface area contributed by atoms with Gasteiger partial charge >= 0.3 is 0 Å². The summed E-state index contributed by atoms with van der Waals surface area (Å²) in [4.78, 5) is 11.4. The predicted octanol–water partition coefficient (Wildman–Crippen LogP) is 3.97. The molecule has 34 heavy (non-hydrogen) atoms. The van der Waals surface area contributed by atoms with Gasteiger partial charge in [-0.15, -0.1) is 0 Å². The smallest absolute Gasteiger partial charge is 0.243 e. The number of piperazine rings is 1. The summed E-state index contributed by atoms with van der Waals surface area (Å²) in [6, 6.07) is 14.3. The molecule has 4 rings (SSSR count). The van der Waals surface area contributed by atoms with E-state index in [0.29, 0.717) is 42.8 Å². The van der Waals surface area contributed by atoms with Gasteiger partial charge in [-0.2, -0.15) is 9.29 Å². The lowest BCUT2D eigenvalue weighted by Crippen LogP contribution is -2.61. The van der Waals surface area contributed by atoms with Crippen molar-refractivity contribution in [3.63, 3.8) is 0 Å². The summed E-state index contributed by atoms with van der Waals surface area (Å²) in [6.07, 6.45) is 0. The van der Waals surface area contributed by atoms with Crippen LogP contribution in [0.5, 0.6) is 5.75 Å². The molecule has 1 saturated heterocycles. The van der Waals surface area contributed by atoms with Gasteiger partial charge in [0.05, 0.1) is 12.0 Å². The number of nitrogens with one attached hydrogen (secondary N) is 1. The average molecular weight is 486 g/mol. The monoisotopic (exact) mass is 485 g/mol. The highest BCUT2D eigenvalue weighted by Gasteiger charge is 2.42. The first-order valence-electron chi connectivity index (χ1n) is 10.9. The molecule has 0 amide bonds. The Morgan fingerprint density at radius 3 is 2.32 bits per heavy atom. The van der Waals surface area contributed by atoms with Gasteiger partial charge in [-0.3, -0.25) is 0 Å². The van der Waals surface area contributed by atoms with Crippen LogP contribution < -0.4 is 15.0 Å². The van der Waals surface area contributed by atoms with Crippen LogP contribution in [0.3, 0.4) is 0 Å². The van der Waals surface area contributed by atoms with Crippen molar-refractivity contribution in [2.24, 2.45) is 0 Å². The zero-order valence-corrected chi connectivity index (χ0v) is 20.4. The van der Waals surface area contributed by atoms with E-state index in [9.17, 15) is 12.8 Å². The first-order valence-corrected chi connectivity index (χ1v) is 12.3. The lowest BCUT2D eigenvalue weighted by Gasteiger charge is -2.46. The van der Waals surface area contributed by atoms with Gasteiger partial charge < -0.3 is 15.0 Å². The number of sulfonamides is 1. The van der Waals surface area contributed by atoms with Crippen molar-refractivity contribution in [3.8, 4) is 5.75 Å². The molecule has 0 bridgehead atoms. The minimum atomic E-state index is -3.69. The molecule has 1 aromatic heterocycles. The predicted molar refractivity (Wildman–Crippen MR) is 130 cm³/mol. The molecule has 8 nitrogen and oxygen atoms in total. The Kier molecular flexibility index (Phi) is 6.46. The molecule has 0 spiro atoms. The second-order valence-electron chi connectivity index (χ2n) is 8.81. The third-order valence-electron chi connectivity index (χ3n) is 5.72. The molecule has 0 atom stereocenters. The molecule has 0 aliphatic carbocycles. The van der Waals surface area contributed by atoms with Crippen LogP contribution in [-0.2, 0) is 10.0 Å². The van der Waals surface area contributed by atoms with Crippen LogP contribution in [0.2, 0.25) is 0 Å². The quantitative estimate of drug-likeness (QED) is 0.565. The second kappa shape index (κ2) is 9.19. The number of anilines is 3. The van der Waals surface area contributed by atoms with E-state index in [1.807, 2.05) is 31.7 Å². The molecular weight excluding hydrogens is 457 g/mol. The van der Waals surface area contributed by atoms with Crippen LogP contribution in [0.4, 0.5) is 21.8 Å². The summed E-state index contributed by atoms with van der Waals surface area (Å²) in [5, 5.41) is 3.18. The van der Waals surface area contributed by atoms with Crippen LogP contribution in [0.25, 0.3) is 0 Å². The summed E-state index contributed by atoms with van der Waals surface area (Å²) < 4.78 is 46.7. The Hall–Kier alpha value is -3.24. The van der Waals surface area contributed by atoms with Gasteiger partial charge in [0.15, 0.2) is 0 Å². The van der Waals surface area contributed by atoms with E-state index in [1.54, 1.807) is 43.5 Å². The molecule has 1 aliphatic rings. The fourth-order valence-corrected chi connectivity index (χ4v) is 5.83. The topological polar surface area (TPSA) is 87.7 Å². The SMILES string of the molecule is COc1ccc(S(=O)(=O)N2CCN(c3nc(C)cc(Nc4ccc(F)cc4)n3)CC2(C)C)cc1. The van der Waals surface area contributed by atoms with Crippen LogP contribution in [0.1, 0.15) is 19.5 Å². The lowest BCUT2D eigenvalue weighted by atomic mass is 10.0. The average Bonchev–Trinajstić information content (AvgIpc) is 2.79. The van der Waals surface area contributed by atoms with Crippen molar-refractivity contribution in [3.05, 3.63) is 66.1 Å². The summed E-state index contributed by atoms with van der Waals surface area (Å²) in [5.41, 5.74) is 0.774. The van der Waals surface area contributed by atoms with Crippen molar-refractivity contribution in [1.29, 1.82) is 0 Å². The van der Waals surface area contributed by atoms with Gasteiger partial charge in [0.2, 0.25) is 16.0 Å². The lowest BCUT2D eigenvalue weighted by molar-refractivity contribution is 0.204. The number of aromatic nitrogens is 2. The number of benzene rings is 2. The molecule has 3 aromatic rings. The molecule has 0 unspecified atom stereocenters. The number of hydrogen-bond acceptors (Lipinski definition) is 7. The van der Waals surface area contributed by atoms with Gasteiger partial charge in [-0.25, -0.2) is 17.8 Å². The zero-order valence-electron chi connectivity index (χ0n) is 19.6. The Bertz CT molecular complexity index is 1260. The first-order chi connectivity index (χ1) is 16.1. The van der Waals surface area contributed by atoms with E-state index in [4.69, 9.17) is 4.74 Å². The van der Waals surface area contributed by atoms with Crippen LogP contribution in [-0.4, -0.2) is 55.0 Å². The number of hydrogen-bond donors (Lipinski definition) is 1. The molecule has 1 N–H and O–H groups in total. The molecule has 1 fully saturated rings. The molecule has 0 radical (unpaired) electrons. The normalized spacial score (nSPS) is 16.3. The minimum Gasteiger partial charge on any atom is -0.497 e. The minimum absolute atomic E-state index is 0.229. The number of rotatable bonds is 6. The van der Waals surface area contributed by atoms with Crippen molar-refractivity contribution in [1.82, 2.24) is 14.3 Å². The van der Waals surface area contributed by atoms with Crippen molar-refractivity contribution in [2.45, 2.75) is 31.2 Å². The Morgan fingerprint density at radius 2 is 1.71 bits per heavy atom. The third-order valence-corrected chi connectivity index (χ3v) is 7.84. The first kappa shape index (κ1) is 23.9. The fourth-order valence-electron chi connectivity index (χ4n) is 4.07. The summed E-state index contributed by atoms with van der Waals surface area (Å²) >= 11 is 0. The van der Waals surface area contributed by atoms with Gasteiger partial charge in [0.25, 0.3) is 0 Å². The zero-order chi connectivity index (χ0) is 24.5. The number of nitrogens with zero attached hydrogens (tertiary/aromatic N) is 4. The molecule has 180 valence electrons. The maximum Gasteiger partial charge on any atom is 0.243 e. The maximum absolute atomic E-state index is 13.4. The largest absolute Gasteiger partial charge is 0.497 e. The fraction of sp³-hybridized carbons (Fsp3) is 0.333. The molecule has 1 aliphatic heterocycles. The molecule has 2 aromatic carbocycles. The third kappa shape index (κ3) is 4.97. The van der Waals surface area contributed by atoms with Gasteiger partial charge in [-0.05, 0) is 69.3 Å². The molecular formula is C24H28FN5O3S. The Labute approximate surface area is 199 Å². The number of aryl methyl sites for hydroxylation is 1. The van der Waals surface area contributed by atoms with E-state index in [1.165, 1.54) is 16.4 Å². The van der Waals surface area contributed by atoms with Gasteiger partial charge in [-0.1, -0.05) is 0 Å². The summed E-state index contributed by atoms with van der Waals surface area (Å²) in [6.45, 7) is 6.82. The van der Waals surface area contributed by atoms with Gasteiger partial charge in [0.1, 0.15) is 17.4 Å². The van der Waals surface area contributed by atoms with Crippen molar-refractivity contribution >= 4 is 27.5 Å². The standard InChI is InChI=1S/C24H28FN5O3S/c1-17-15-22(27-19-7-5-18(25)6-8-19)28-23(26-17)29-13-14-30(24(2,3)16-29)34(31,32)21-11-9-20(33-4)10-12-21/h5-12,15H,13-14,16H2,1-4H3,(H,26,27,28). The number of ether oxygens (including phenoxy) is 1. The van der Waals surface area contributed by atoms with E-state index in [0.717, 1.165) is 5.69 Å². The molecule has 2 heterocycles. The van der Waals surface area contributed by atoms with Crippen molar-refractivity contribution in [2.75, 3.05) is 37.0 Å². The van der Waals surface area contributed by atoms with Crippen LogP contribution in [0.15, 0.2) is 59.5 Å². The molecule has 0 saturated carbocycles. The molecule has 10 heteroatoms. The Morgan fingerprint density at radius 1 is 1.03 bits per heavy atom. The number of halogens is 1. The second-order valence-corrected chi connectivity index (χ2v) is 10.7. The highest BCUT2D eigenvalue weighted by atomic mass is 32.2. The van der Waals surface area contributed by atoms with Crippen LogP contribution >= 0.6 is 0 Å². The van der Waals surface area contributed by atoms with Gasteiger partial charge in [0, 0.05) is 42.6 Å².